The van der Waals surface area contributed by atoms with Crippen LogP contribution in [0.25, 0.3) is 0 Å². The Morgan fingerprint density at radius 1 is 1.28 bits per heavy atom. The predicted octanol–water partition coefficient (Wildman–Crippen LogP) is 7.51. The molecular formula is C29H40F3NO3. The van der Waals surface area contributed by atoms with Crippen molar-refractivity contribution in [2.75, 3.05) is 13.3 Å². The minimum atomic E-state index is -4.44. The van der Waals surface area contributed by atoms with E-state index in [0.29, 0.717) is 36.2 Å². The highest BCUT2D eigenvalue weighted by Gasteiger charge is 2.54. The predicted molar refractivity (Wildman–Crippen MR) is 133 cm³/mol. The standard InChI is InChI=1S/C29H40F3NO3/c1-4-5-7-20(2)14-21(3)15-22-8-6-13-28(36-18-22,24-9-10-24)27(34)33-17-23-16-25(29(30,31)32)11-12-26(23)35-19-33/h11-12,16,20,22,24H,3-10,13-15,17-19H2,1-2H3/t20?,22?,28-/m0/s1. The number of fused-ring (bicyclic) bond motifs is 1. The van der Waals surface area contributed by atoms with Crippen molar-refractivity contribution in [1.29, 1.82) is 0 Å². The topological polar surface area (TPSA) is 38.8 Å². The minimum absolute atomic E-state index is 0.0326. The lowest BCUT2D eigenvalue weighted by Crippen LogP contribution is -2.54. The zero-order chi connectivity index (χ0) is 25.9. The molecule has 200 valence electrons. The summed E-state index contributed by atoms with van der Waals surface area (Å²) >= 11 is 0. The highest BCUT2D eigenvalue weighted by Crippen LogP contribution is 2.48. The Bertz CT molecular complexity index is 942. The van der Waals surface area contributed by atoms with Crippen LogP contribution in [0.5, 0.6) is 5.75 Å². The molecule has 1 aromatic rings. The lowest BCUT2D eigenvalue weighted by Gasteiger charge is -2.39. The summed E-state index contributed by atoms with van der Waals surface area (Å²) in [5.74, 6) is 1.42. The van der Waals surface area contributed by atoms with E-state index in [1.54, 1.807) is 0 Å². The average Bonchev–Trinajstić information content (AvgIpc) is 3.69. The Morgan fingerprint density at radius 2 is 2.06 bits per heavy atom. The number of hydrogen-bond donors (Lipinski definition) is 0. The highest BCUT2D eigenvalue weighted by molar-refractivity contribution is 5.86. The van der Waals surface area contributed by atoms with Gasteiger partial charge in [-0.25, -0.2) is 0 Å². The lowest BCUT2D eigenvalue weighted by molar-refractivity contribution is -0.168. The van der Waals surface area contributed by atoms with Crippen LogP contribution in [0.1, 0.15) is 89.2 Å². The third kappa shape index (κ3) is 6.27. The van der Waals surface area contributed by atoms with Crippen LogP contribution in [-0.4, -0.2) is 29.7 Å². The summed E-state index contributed by atoms with van der Waals surface area (Å²) in [6.07, 6.45) is 5.64. The summed E-state index contributed by atoms with van der Waals surface area (Å²) in [7, 11) is 0. The van der Waals surface area contributed by atoms with Crippen LogP contribution in [0.4, 0.5) is 13.2 Å². The first-order chi connectivity index (χ1) is 17.1. The summed E-state index contributed by atoms with van der Waals surface area (Å²) in [6.45, 7) is 9.50. The summed E-state index contributed by atoms with van der Waals surface area (Å²) in [4.78, 5) is 15.4. The number of allylic oxidation sites excluding steroid dienone is 1. The summed E-state index contributed by atoms with van der Waals surface area (Å²) in [6, 6.07) is 3.46. The fourth-order valence-corrected chi connectivity index (χ4v) is 5.91. The molecule has 4 rings (SSSR count). The molecule has 0 bridgehead atoms. The van der Waals surface area contributed by atoms with Crippen molar-refractivity contribution in [1.82, 2.24) is 4.90 Å². The Balaban J connectivity index is 1.41. The van der Waals surface area contributed by atoms with Crippen LogP contribution in [-0.2, 0) is 22.3 Å². The number of carbonyl (C=O) groups is 1. The number of benzene rings is 1. The van der Waals surface area contributed by atoms with Crippen LogP contribution >= 0.6 is 0 Å². The van der Waals surface area contributed by atoms with Gasteiger partial charge in [-0.05, 0) is 80.9 Å². The second-order valence-corrected chi connectivity index (χ2v) is 11.2. The second kappa shape index (κ2) is 11.2. The number of rotatable bonds is 9. The number of amides is 1. The van der Waals surface area contributed by atoms with Gasteiger partial charge in [-0.15, -0.1) is 0 Å². The van der Waals surface area contributed by atoms with E-state index in [4.69, 9.17) is 9.47 Å². The highest BCUT2D eigenvalue weighted by atomic mass is 19.4. The monoisotopic (exact) mass is 507 g/mol. The van der Waals surface area contributed by atoms with Crippen molar-refractivity contribution in [3.63, 3.8) is 0 Å². The molecule has 3 aliphatic rings. The van der Waals surface area contributed by atoms with Crippen LogP contribution in [0.3, 0.4) is 0 Å². The first-order valence-electron chi connectivity index (χ1n) is 13.5. The number of hydrogen-bond acceptors (Lipinski definition) is 3. The number of carbonyl (C=O) groups excluding carboxylic acids is 1. The average molecular weight is 508 g/mol. The Hall–Kier alpha value is -2.02. The Labute approximate surface area is 213 Å². The molecule has 0 radical (unpaired) electrons. The molecule has 2 heterocycles. The number of ether oxygens (including phenoxy) is 2. The first-order valence-corrected chi connectivity index (χ1v) is 13.5. The van der Waals surface area contributed by atoms with Gasteiger partial charge < -0.3 is 14.4 Å². The van der Waals surface area contributed by atoms with E-state index in [1.807, 2.05) is 0 Å². The number of unbranched alkanes of at least 4 members (excludes halogenated alkanes) is 1. The molecule has 2 aliphatic heterocycles. The van der Waals surface area contributed by atoms with Gasteiger partial charge in [0.1, 0.15) is 11.4 Å². The first kappa shape index (κ1) is 27.0. The molecule has 0 spiro atoms. The Morgan fingerprint density at radius 3 is 2.75 bits per heavy atom. The summed E-state index contributed by atoms with van der Waals surface area (Å²) < 4.78 is 51.9. The fourth-order valence-electron chi connectivity index (χ4n) is 5.91. The summed E-state index contributed by atoms with van der Waals surface area (Å²) in [5, 5.41) is 0. The fraction of sp³-hybridized carbons (Fsp3) is 0.690. The largest absolute Gasteiger partial charge is 0.473 e. The van der Waals surface area contributed by atoms with Gasteiger partial charge in [-0.1, -0.05) is 45.3 Å². The molecule has 2 unspecified atom stereocenters. The summed E-state index contributed by atoms with van der Waals surface area (Å²) in [5.41, 5.74) is 0.0238. The van der Waals surface area contributed by atoms with Crippen molar-refractivity contribution in [3.8, 4) is 5.75 Å². The smallest absolute Gasteiger partial charge is 0.416 e. The number of alkyl halides is 3. The van der Waals surface area contributed by atoms with Crippen LogP contribution < -0.4 is 4.74 Å². The maximum absolute atomic E-state index is 13.9. The quantitative estimate of drug-likeness (QED) is 0.325. The molecule has 4 nitrogen and oxygen atoms in total. The van der Waals surface area contributed by atoms with Crippen molar-refractivity contribution < 1.29 is 27.4 Å². The molecule has 0 aromatic heterocycles. The molecule has 1 aliphatic carbocycles. The molecule has 1 saturated heterocycles. The Kier molecular flexibility index (Phi) is 8.38. The van der Waals surface area contributed by atoms with Crippen molar-refractivity contribution in [3.05, 3.63) is 41.5 Å². The molecule has 7 heteroatoms. The van der Waals surface area contributed by atoms with Gasteiger partial charge in [-0.3, -0.25) is 4.79 Å². The molecule has 1 amide bonds. The number of nitrogens with zero attached hydrogens (tertiary/aromatic N) is 1. The van der Waals surface area contributed by atoms with E-state index in [2.05, 4.69) is 20.4 Å². The maximum Gasteiger partial charge on any atom is 0.416 e. The van der Waals surface area contributed by atoms with E-state index >= 15 is 0 Å². The van der Waals surface area contributed by atoms with Crippen LogP contribution in [0, 0.1) is 17.8 Å². The lowest BCUT2D eigenvalue weighted by atomic mass is 9.87. The SMILES string of the molecule is C=C(CC(C)CCCC)CC1CCC[C@@](C(=O)N2COc3ccc(C(F)(F)F)cc3C2)(C2CC2)OC1. The van der Waals surface area contributed by atoms with Crippen molar-refractivity contribution in [2.45, 2.75) is 96.4 Å². The van der Waals surface area contributed by atoms with Gasteiger partial charge in [0.2, 0.25) is 0 Å². The van der Waals surface area contributed by atoms with Gasteiger partial charge in [0.25, 0.3) is 5.91 Å². The van der Waals surface area contributed by atoms with Gasteiger partial charge in [0.15, 0.2) is 6.73 Å². The number of halogens is 3. The maximum atomic E-state index is 13.9. The van der Waals surface area contributed by atoms with Crippen molar-refractivity contribution in [2.24, 2.45) is 17.8 Å². The zero-order valence-electron chi connectivity index (χ0n) is 21.7. The van der Waals surface area contributed by atoms with E-state index in [-0.39, 0.29) is 25.1 Å². The van der Waals surface area contributed by atoms with Gasteiger partial charge in [0.05, 0.1) is 18.7 Å². The van der Waals surface area contributed by atoms with Crippen LogP contribution in [0.15, 0.2) is 30.4 Å². The molecule has 0 N–H and O–H groups in total. The van der Waals surface area contributed by atoms with E-state index in [9.17, 15) is 18.0 Å². The second-order valence-electron chi connectivity index (χ2n) is 11.2. The van der Waals surface area contributed by atoms with Crippen LogP contribution in [0.2, 0.25) is 0 Å². The molecule has 3 atom stereocenters. The van der Waals surface area contributed by atoms with Gasteiger partial charge in [0, 0.05) is 5.56 Å². The van der Waals surface area contributed by atoms with Gasteiger partial charge >= 0.3 is 6.18 Å². The third-order valence-electron chi connectivity index (χ3n) is 8.01. The molecule has 1 saturated carbocycles. The molecular weight excluding hydrogens is 467 g/mol. The van der Waals surface area contributed by atoms with Crippen molar-refractivity contribution >= 4 is 5.91 Å². The zero-order valence-corrected chi connectivity index (χ0v) is 21.7. The molecule has 36 heavy (non-hydrogen) atoms. The van der Waals surface area contributed by atoms with E-state index in [0.717, 1.165) is 50.7 Å². The molecule has 1 aromatic carbocycles. The normalized spacial score (nSPS) is 25.5. The molecule has 2 fully saturated rings. The van der Waals surface area contributed by atoms with Gasteiger partial charge in [-0.2, -0.15) is 13.2 Å². The van der Waals surface area contributed by atoms with E-state index < -0.39 is 17.3 Å². The third-order valence-corrected chi connectivity index (χ3v) is 8.01. The van der Waals surface area contributed by atoms with E-state index in [1.165, 1.54) is 35.8 Å². The minimum Gasteiger partial charge on any atom is -0.473 e.